The normalized spacial score (nSPS) is 47.3. The van der Waals surface area contributed by atoms with E-state index in [4.69, 9.17) is 0 Å². The van der Waals surface area contributed by atoms with Crippen LogP contribution in [0.3, 0.4) is 0 Å². The largest absolute Gasteiger partial charge is 0.389 e. The van der Waals surface area contributed by atoms with E-state index in [1.54, 1.807) is 0 Å². The maximum absolute atomic E-state index is 11.4. The summed E-state index contributed by atoms with van der Waals surface area (Å²) in [6.07, 6.45) is 8.67. The highest BCUT2D eigenvalue weighted by Crippen LogP contribution is 2.58. The van der Waals surface area contributed by atoms with Gasteiger partial charge in [0.2, 0.25) is 0 Å². The number of hydrogen-bond acceptors (Lipinski definition) is 2. The van der Waals surface area contributed by atoms with Crippen molar-refractivity contribution in [2.75, 3.05) is 0 Å². The molecule has 0 aromatic rings. The molecule has 0 spiro atoms. The minimum absolute atomic E-state index is 0.135. The van der Waals surface area contributed by atoms with Gasteiger partial charge in [0.1, 0.15) is 0 Å². The lowest BCUT2D eigenvalue weighted by molar-refractivity contribution is -0.0705. The fourth-order valence-electron chi connectivity index (χ4n) is 5.06. The van der Waals surface area contributed by atoms with E-state index in [2.05, 4.69) is 47.6 Å². The number of fused-ring (bicyclic) bond motifs is 1. The zero-order valence-corrected chi connectivity index (χ0v) is 15.9. The third-order valence-electron chi connectivity index (χ3n) is 6.87. The standard InChI is InChI=1S/C21H36O2/c1-14(2)21(23)10-9-20(6)17(5)11-16(4)13-18(22)12-15(3)7-8-19(20)21/h11-12,14,17-19,22-23H,7-10,13H2,1-6H3/b15-12+,16-11+/t17?,18-,19+,20+,21+/m0/s1. The number of aliphatic hydroxyl groups is 2. The first-order valence-corrected chi connectivity index (χ1v) is 9.34. The Morgan fingerprint density at radius 3 is 2.39 bits per heavy atom. The highest BCUT2D eigenvalue weighted by atomic mass is 16.3. The highest BCUT2D eigenvalue weighted by molar-refractivity contribution is 5.16. The molecule has 132 valence electrons. The van der Waals surface area contributed by atoms with Crippen molar-refractivity contribution in [1.82, 2.24) is 0 Å². The van der Waals surface area contributed by atoms with E-state index >= 15 is 0 Å². The van der Waals surface area contributed by atoms with Crippen molar-refractivity contribution in [3.63, 3.8) is 0 Å². The maximum atomic E-state index is 11.4. The molecule has 2 rings (SSSR count). The molecule has 0 amide bonds. The summed E-state index contributed by atoms with van der Waals surface area (Å²) in [7, 11) is 0. The molecule has 5 atom stereocenters. The van der Waals surface area contributed by atoms with Gasteiger partial charge in [0.15, 0.2) is 0 Å². The second kappa shape index (κ2) is 6.72. The van der Waals surface area contributed by atoms with Gasteiger partial charge in [0.25, 0.3) is 0 Å². The van der Waals surface area contributed by atoms with Gasteiger partial charge in [-0.2, -0.15) is 0 Å². The summed E-state index contributed by atoms with van der Waals surface area (Å²) >= 11 is 0. The van der Waals surface area contributed by atoms with Crippen molar-refractivity contribution >= 4 is 0 Å². The molecule has 0 saturated heterocycles. The van der Waals surface area contributed by atoms with Gasteiger partial charge in [0.05, 0.1) is 11.7 Å². The van der Waals surface area contributed by atoms with E-state index in [0.29, 0.717) is 11.8 Å². The Morgan fingerprint density at radius 1 is 1.13 bits per heavy atom. The molecule has 1 fully saturated rings. The number of allylic oxidation sites excluding steroid dienone is 2. The monoisotopic (exact) mass is 320 g/mol. The Kier molecular flexibility index (Phi) is 5.48. The van der Waals surface area contributed by atoms with Crippen LogP contribution in [0.25, 0.3) is 0 Å². The Hall–Kier alpha value is -0.600. The van der Waals surface area contributed by atoms with Crippen LogP contribution in [0.5, 0.6) is 0 Å². The smallest absolute Gasteiger partial charge is 0.0760 e. The summed E-state index contributed by atoms with van der Waals surface area (Å²) in [5.41, 5.74) is 2.09. The van der Waals surface area contributed by atoms with Gasteiger partial charge in [-0.1, -0.05) is 51.0 Å². The summed E-state index contributed by atoms with van der Waals surface area (Å²) in [6.45, 7) is 13.2. The lowest BCUT2D eigenvalue weighted by Gasteiger charge is -2.43. The average Bonchev–Trinajstić information content (AvgIpc) is 2.69. The predicted octanol–water partition coefficient (Wildman–Crippen LogP) is 4.86. The molecule has 2 aliphatic rings. The van der Waals surface area contributed by atoms with Gasteiger partial charge in [-0.25, -0.2) is 0 Å². The van der Waals surface area contributed by atoms with Gasteiger partial charge >= 0.3 is 0 Å². The molecular weight excluding hydrogens is 284 g/mol. The Morgan fingerprint density at radius 2 is 1.78 bits per heavy atom. The van der Waals surface area contributed by atoms with Crippen LogP contribution in [0, 0.1) is 23.2 Å². The second-order valence-corrected chi connectivity index (χ2v) is 8.83. The lowest BCUT2D eigenvalue weighted by atomic mass is 9.64. The minimum atomic E-state index is -0.558. The third kappa shape index (κ3) is 3.58. The maximum Gasteiger partial charge on any atom is 0.0760 e. The van der Waals surface area contributed by atoms with Crippen molar-refractivity contribution < 1.29 is 10.2 Å². The zero-order chi connectivity index (χ0) is 17.4. The first-order chi connectivity index (χ1) is 10.6. The molecular formula is C21H36O2. The second-order valence-electron chi connectivity index (χ2n) is 8.83. The van der Waals surface area contributed by atoms with Crippen LogP contribution in [-0.2, 0) is 0 Å². The first kappa shape index (κ1) is 18.7. The third-order valence-corrected chi connectivity index (χ3v) is 6.87. The zero-order valence-electron chi connectivity index (χ0n) is 15.9. The van der Waals surface area contributed by atoms with E-state index in [1.165, 1.54) is 11.1 Å². The summed E-state index contributed by atoms with van der Waals surface area (Å²) < 4.78 is 0. The number of hydrogen-bond donors (Lipinski definition) is 2. The van der Waals surface area contributed by atoms with E-state index < -0.39 is 5.60 Å². The lowest BCUT2D eigenvalue weighted by Crippen LogP contribution is -2.45. The first-order valence-electron chi connectivity index (χ1n) is 9.34. The average molecular weight is 321 g/mol. The fourth-order valence-corrected chi connectivity index (χ4v) is 5.06. The summed E-state index contributed by atoms with van der Waals surface area (Å²) in [6, 6.07) is 0. The van der Waals surface area contributed by atoms with E-state index in [-0.39, 0.29) is 17.4 Å². The molecule has 23 heavy (non-hydrogen) atoms. The molecule has 1 unspecified atom stereocenters. The Labute approximate surface area is 142 Å². The highest BCUT2D eigenvalue weighted by Gasteiger charge is 2.56. The molecule has 2 N–H and O–H groups in total. The molecule has 2 heteroatoms. The van der Waals surface area contributed by atoms with Crippen LogP contribution in [0.15, 0.2) is 23.3 Å². The molecule has 2 aliphatic carbocycles. The molecule has 0 radical (unpaired) electrons. The van der Waals surface area contributed by atoms with E-state index in [9.17, 15) is 10.2 Å². The van der Waals surface area contributed by atoms with Crippen molar-refractivity contribution in [1.29, 1.82) is 0 Å². The van der Waals surface area contributed by atoms with Crippen LogP contribution in [0.1, 0.15) is 73.6 Å². The summed E-state index contributed by atoms with van der Waals surface area (Å²) in [4.78, 5) is 0. The number of aliphatic hydroxyl groups excluding tert-OH is 1. The molecule has 0 aromatic carbocycles. The summed E-state index contributed by atoms with van der Waals surface area (Å²) in [5, 5.41) is 21.7. The van der Waals surface area contributed by atoms with Crippen LogP contribution >= 0.6 is 0 Å². The molecule has 0 bridgehead atoms. The van der Waals surface area contributed by atoms with Crippen molar-refractivity contribution in [2.45, 2.75) is 85.4 Å². The van der Waals surface area contributed by atoms with Gasteiger partial charge in [-0.3, -0.25) is 0 Å². The van der Waals surface area contributed by atoms with Crippen LogP contribution in [-0.4, -0.2) is 21.9 Å². The van der Waals surface area contributed by atoms with Gasteiger partial charge in [-0.15, -0.1) is 0 Å². The predicted molar refractivity (Wildman–Crippen MR) is 97.2 cm³/mol. The topological polar surface area (TPSA) is 40.5 Å². The van der Waals surface area contributed by atoms with Crippen molar-refractivity contribution in [3.8, 4) is 0 Å². The Balaban J connectivity index is 2.44. The van der Waals surface area contributed by atoms with Crippen LogP contribution < -0.4 is 0 Å². The fraction of sp³-hybridized carbons (Fsp3) is 0.810. The van der Waals surface area contributed by atoms with E-state index in [0.717, 1.165) is 32.1 Å². The van der Waals surface area contributed by atoms with Gasteiger partial charge in [-0.05, 0) is 69.1 Å². The molecule has 0 aromatic heterocycles. The Bertz CT molecular complexity index is 490. The SMILES string of the molecule is C/C1=C\[C@H](O)C/C(C)=C/C(C)[C@@]2(C)CC[C@@](O)(C(C)C)[C@@H]2CC1. The summed E-state index contributed by atoms with van der Waals surface area (Å²) in [5.74, 6) is 1.02. The van der Waals surface area contributed by atoms with Gasteiger partial charge in [0, 0.05) is 0 Å². The molecule has 2 nitrogen and oxygen atoms in total. The van der Waals surface area contributed by atoms with E-state index in [1.807, 2.05) is 6.08 Å². The molecule has 0 aliphatic heterocycles. The molecule has 1 saturated carbocycles. The molecule has 0 heterocycles. The van der Waals surface area contributed by atoms with Gasteiger partial charge < -0.3 is 10.2 Å². The van der Waals surface area contributed by atoms with Crippen LogP contribution in [0.4, 0.5) is 0 Å². The number of rotatable bonds is 1. The van der Waals surface area contributed by atoms with Crippen LogP contribution in [0.2, 0.25) is 0 Å². The quantitative estimate of drug-likeness (QED) is 0.677. The van der Waals surface area contributed by atoms with Crippen molar-refractivity contribution in [2.24, 2.45) is 23.2 Å². The van der Waals surface area contributed by atoms with Crippen molar-refractivity contribution in [3.05, 3.63) is 23.3 Å². The minimum Gasteiger partial charge on any atom is -0.389 e.